The quantitative estimate of drug-likeness (QED) is 0.765. The van der Waals surface area contributed by atoms with E-state index in [-0.39, 0.29) is 11.7 Å². The molecule has 1 heterocycles. The van der Waals surface area contributed by atoms with Crippen molar-refractivity contribution < 1.29 is 9.59 Å². The second kappa shape index (κ2) is 8.21. The first-order valence-electron chi connectivity index (χ1n) is 7.71. The van der Waals surface area contributed by atoms with Crippen molar-refractivity contribution in [1.29, 1.82) is 0 Å². The van der Waals surface area contributed by atoms with E-state index in [2.05, 4.69) is 20.5 Å². The number of nitrogens with zero attached hydrogens (tertiary/aromatic N) is 2. The largest absolute Gasteiger partial charge is 0.382 e. The Morgan fingerprint density at radius 1 is 1.04 bits per heavy atom. The van der Waals surface area contributed by atoms with E-state index in [4.69, 9.17) is 0 Å². The third kappa shape index (κ3) is 5.17. The number of likely N-dealkylation sites (N-methyl/N-ethyl adjacent to an activating group) is 1. The number of carbonyl (C=O) groups is 2. The van der Waals surface area contributed by atoms with Gasteiger partial charge in [-0.3, -0.25) is 14.6 Å². The van der Waals surface area contributed by atoms with Crippen LogP contribution in [0.15, 0.2) is 42.7 Å². The topological polar surface area (TPSA) is 74.3 Å². The molecule has 1 aromatic heterocycles. The van der Waals surface area contributed by atoms with Crippen LogP contribution in [-0.2, 0) is 0 Å². The van der Waals surface area contributed by atoms with Gasteiger partial charge in [0, 0.05) is 36.7 Å². The Hall–Kier alpha value is -2.73. The summed E-state index contributed by atoms with van der Waals surface area (Å²) in [5, 5.41) is 6.03. The fourth-order valence-corrected chi connectivity index (χ4v) is 2.08. The highest BCUT2D eigenvalue weighted by atomic mass is 16.1. The fourth-order valence-electron chi connectivity index (χ4n) is 2.08. The molecular weight excluding hydrogens is 304 g/mol. The second-order valence-corrected chi connectivity index (χ2v) is 5.78. The molecule has 0 aliphatic carbocycles. The Morgan fingerprint density at radius 2 is 1.75 bits per heavy atom. The number of nitrogens with one attached hydrogen (secondary N) is 2. The van der Waals surface area contributed by atoms with Crippen molar-refractivity contribution in [3.63, 3.8) is 0 Å². The van der Waals surface area contributed by atoms with E-state index in [1.54, 1.807) is 36.5 Å². The Morgan fingerprint density at radius 3 is 2.38 bits per heavy atom. The first-order valence-corrected chi connectivity index (χ1v) is 7.71. The number of Topliss-reactive ketones (excluding diaryl/α,β-unsaturated/α-hetero) is 1. The molecule has 1 aromatic carbocycles. The summed E-state index contributed by atoms with van der Waals surface area (Å²) >= 11 is 0. The fraction of sp³-hybridized carbons (Fsp3) is 0.278. The smallest absolute Gasteiger partial charge is 0.257 e. The van der Waals surface area contributed by atoms with Gasteiger partial charge in [0.25, 0.3) is 5.91 Å². The van der Waals surface area contributed by atoms with Gasteiger partial charge in [0.05, 0.1) is 11.3 Å². The van der Waals surface area contributed by atoms with Crippen LogP contribution in [0.4, 0.5) is 11.4 Å². The van der Waals surface area contributed by atoms with E-state index in [0.29, 0.717) is 16.8 Å². The molecule has 0 saturated heterocycles. The molecule has 126 valence electrons. The summed E-state index contributed by atoms with van der Waals surface area (Å²) in [4.78, 5) is 29.7. The lowest BCUT2D eigenvalue weighted by molar-refractivity contribution is 0.101. The van der Waals surface area contributed by atoms with E-state index < -0.39 is 0 Å². The Balaban J connectivity index is 2.00. The molecular formula is C18H22N4O2. The minimum atomic E-state index is -0.241. The zero-order valence-corrected chi connectivity index (χ0v) is 14.2. The molecule has 0 unspecified atom stereocenters. The second-order valence-electron chi connectivity index (χ2n) is 5.78. The number of benzene rings is 1. The standard InChI is InChI=1S/C18H22N4O2/c1-13(23)14-4-6-16(7-5-14)21-18(24)15-10-17(12-19-11-15)20-8-9-22(2)3/h4-7,10-12,20H,8-9H2,1-3H3,(H,21,24). The highest BCUT2D eigenvalue weighted by molar-refractivity contribution is 6.04. The van der Waals surface area contributed by atoms with Crippen LogP contribution < -0.4 is 10.6 Å². The third-order valence-electron chi connectivity index (χ3n) is 3.44. The van der Waals surface area contributed by atoms with Crippen molar-refractivity contribution in [3.05, 3.63) is 53.9 Å². The minimum absolute atomic E-state index is 0.00595. The van der Waals surface area contributed by atoms with Crippen molar-refractivity contribution in [2.75, 3.05) is 37.8 Å². The van der Waals surface area contributed by atoms with E-state index in [9.17, 15) is 9.59 Å². The molecule has 0 atom stereocenters. The number of rotatable bonds is 7. The number of pyridine rings is 1. The van der Waals surface area contributed by atoms with Gasteiger partial charge in [0.2, 0.25) is 0 Å². The van der Waals surface area contributed by atoms with Crippen LogP contribution >= 0.6 is 0 Å². The zero-order chi connectivity index (χ0) is 17.5. The van der Waals surface area contributed by atoms with E-state index in [1.165, 1.54) is 13.1 Å². The summed E-state index contributed by atoms with van der Waals surface area (Å²) in [6.45, 7) is 3.17. The van der Waals surface area contributed by atoms with Crippen molar-refractivity contribution in [1.82, 2.24) is 9.88 Å². The molecule has 6 nitrogen and oxygen atoms in total. The number of amides is 1. The minimum Gasteiger partial charge on any atom is -0.382 e. The first kappa shape index (κ1) is 17.6. The molecule has 0 saturated carbocycles. The average molecular weight is 326 g/mol. The molecule has 1 amide bonds. The first-order chi connectivity index (χ1) is 11.5. The molecule has 0 aliphatic rings. The van der Waals surface area contributed by atoms with Crippen LogP contribution in [0.25, 0.3) is 0 Å². The van der Waals surface area contributed by atoms with Gasteiger partial charge in [-0.25, -0.2) is 0 Å². The SMILES string of the molecule is CC(=O)c1ccc(NC(=O)c2cncc(NCCN(C)C)c2)cc1. The average Bonchev–Trinajstić information content (AvgIpc) is 2.55. The summed E-state index contributed by atoms with van der Waals surface area (Å²) in [7, 11) is 4.00. The van der Waals surface area contributed by atoms with Crippen LogP contribution in [0.1, 0.15) is 27.6 Å². The molecule has 2 rings (SSSR count). The number of carbonyl (C=O) groups excluding carboxylic acids is 2. The number of aromatic nitrogens is 1. The third-order valence-corrected chi connectivity index (χ3v) is 3.44. The molecule has 6 heteroatoms. The number of ketones is 1. The van der Waals surface area contributed by atoms with Crippen LogP contribution in [0.2, 0.25) is 0 Å². The van der Waals surface area contributed by atoms with Gasteiger partial charge in [0.1, 0.15) is 0 Å². The maximum Gasteiger partial charge on any atom is 0.257 e. The lowest BCUT2D eigenvalue weighted by Crippen LogP contribution is -2.21. The van der Waals surface area contributed by atoms with E-state index in [1.807, 2.05) is 14.1 Å². The van der Waals surface area contributed by atoms with Crippen molar-refractivity contribution in [2.45, 2.75) is 6.92 Å². The molecule has 0 aliphatic heterocycles. The Kier molecular flexibility index (Phi) is 6.03. The summed E-state index contributed by atoms with van der Waals surface area (Å²) in [6, 6.07) is 8.56. The molecule has 2 N–H and O–H groups in total. The van der Waals surface area contributed by atoms with Gasteiger partial charge in [0.15, 0.2) is 5.78 Å². The van der Waals surface area contributed by atoms with E-state index >= 15 is 0 Å². The maximum atomic E-state index is 12.3. The Bertz CT molecular complexity index is 711. The summed E-state index contributed by atoms with van der Waals surface area (Å²) in [6.07, 6.45) is 3.21. The van der Waals surface area contributed by atoms with Gasteiger partial charge < -0.3 is 15.5 Å². The van der Waals surface area contributed by atoms with Gasteiger partial charge in [-0.15, -0.1) is 0 Å². The number of hydrogen-bond donors (Lipinski definition) is 2. The molecule has 0 fully saturated rings. The van der Waals surface area contributed by atoms with Gasteiger partial charge in [-0.05, 0) is 51.4 Å². The normalized spacial score (nSPS) is 10.5. The molecule has 24 heavy (non-hydrogen) atoms. The lowest BCUT2D eigenvalue weighted by Gasteiger charge is -2.12. The van der Waals surface area contributed by atoms with Crippen LogP contribution in [0, 0.1) is 0 Å². The predicted molar refractivity (Wildman–Crippen MR) is 95.7 cm³/mol. The van der Waals surface area contributed by atoms with Crippen LogP contribution in [0.3, 0.4) is 0 Å². The molecule has 2 aromatic rings. The van der Waals surface area contributed by atoms with Gasteiger partial charge >= 0.3 is 0 Å². The number of anilines is 2. The van der Waals surface area contributed by atoms with E-state index in [0.717, 1.165) is 18.8 Å². The molecule has 0 radical (unpaired) electrons. The summed E-state index contributed by atoms with van der Waals surface area (Å²) in [5.41, 5.74) is 2.52. The summed E-state index contributed by atoms with van der Waals surface area (Å²) < 4.78 is 0. The Labute approximate surface area is 141 Å². The molecule has 0 spiro atoms. The van der Waals surface area contributed by atoms with Crippen molar-refractivity contribution in [2.24, 2.45) is 0 Å². The zero-order valence-electron chi connectivity index (χ0n) is 14.2. The van der Waals surface area contributed by atoms with Crippen molar-refractivity contribution >= 4 is 23.1 Å². The predicted octanol–water partition coefficient (Wildman–Crippen LogP) is 2.51. The van der Waals surface area contributed by atoms with Gasteiger partial charge in [-0.2, -0.15) is 0 Å². The highest BCUT2D eigenvalue weighted by Gasteiger charge is 2.08. The van der Waals surface area contributed by atoms with Crippen LogP contribution in [-0.4, -0.2) is 48.8 Å². The van der Waals surface area contributed by atoms with Crippen LogP contribution in [0.5, 0.6) is 0 Å². The molecule has 0 bridgehead atoms. The summed E-state index contributed by atoms with van der Waals surface area (Å²) in [5.74, 6) is -0.247. The van der Waals surface area contributed by atoms with Crippen molar-refractivity contribution in [3.8, 4) is 0 Å². The van der Waals surface area contributed by atoms with Gasteiger partial charge in [-0.1, -0.05) is 0 Å². The maximum absolute atomic E-state index is 12.3. The monoisotopic (exact) mass is 326 g/mol. The lowest BCUT2D eigenvalue weighted by atomic mass is 10.1. The highest BCUT2D eigenvalue weighted by Crippen LogP contribution is 2.13. The number of hydrogen-bond acceptors (Lipinski definition) is 5.